The molecule has 0 atom stereocenters. The number of amides is 1. The van der Waals surface area contributed by atoms with E-state index in [2.05, 4.69) is 22.1 Å². The van der Waals surface area contributed by atoms with Crippen LogP contribution in [0.4, 0.5) is 10.8 Å². The summed E-state index contributed by atoms with van der Waals surface area (Å²) in [5, 5.41) is 11.7. The van der Waals surface area contributed by atoms with E-state index in [9.17, 15) is 4.79 Å². The minimum Gasteiger partial charge on any atom is -0.335 e. The highest BCUT2D eigenvalue weighted by Gasteiger charge is 2.19. The van der Waals surface area contributed by atoms with Crippen molar-refractivity contribution in [2.24, 2.45) is 0 Å². The number of benzene rings is 2. The lowest BCUT2D eigenvalue weighted by Gasteiger charge is -2.18. The Kier molecular flexibility index (Phi) is 6.57. The van der Waals surface area contributed by atoms with E-state index in [0.717, 1.165) is 23.4 Å². The van der Waals surface area contributed by atoms with Crippen LogP contribution in [0, 0.1) is 6.92 Å². The molecule has 0 aliphatic carbocycles. The van der Waals surface area contributed by atoms with E-state index in [4.69, 9.17) is 5.84 Å². The molecular weight excluding hydrogens is 440 g/mol. The molecule has 0 bridgehead atoms. The molecule has 0 radical (unpaired) electrons. The minimum atomic E-state index is -0.0766. The second kappa shape index (κ2) is 9.54. The van der Waals surface area contributed by atoms with Crippen LogP contribution in [0.2, 0.25) is 0 Å². The lowest BCUT2D eigenvalue weighted by Crippen LogP contribution is -2.22. The Bertz CT molecular complexity index is 1210. The molecule has 0 aliphatic rings. The van der Waals surface area contributed by atoms with Crippen molar-refractivity contribution in [1.29, 1.82) is 0 Å². The number of rotatable bonds is 7. The fraction of sp³-hybridized carbons (Fsp3) is 0.217. The second-order valence-corrected chi connectivity index (χ2v) is 9.11. The molecule has 0 fully saturated rings. The number of carbonyl (C=O) groups excluding carboxylic acids is 1. The molecule has 4 aromatic rings. The molecule has 2 N–H and O–H groups in total. The normalized spacial score (nSPS) is 11.0. The molecule has 0 saturated carbocycles. The molecular formula is C23H24N6OS2. The number of carbonyl (C=O) groups is 1. The monoisotopic (exact) mass is 464 g/mol. The molecule has 9 heteroatoms. The molecule has 1 amide bonds. The van der Waals surface area contributed by atoms with Gasteiger partial charge >= 0.3 is 0 Å². The van der Waals surface area contributed by atoms with Gasteiger partial charge in [0, 0.05) is 23.6 Å². The number of aryl methyl sites for hydroxylation is 2. The number of nitrogen functional groups attached to an aromatic ring is 1. The number of hydrogen-bond acceptors (Lipinski definition) is 7. The first-order valence-electron chi connectivity index (χ1n) is 10.2. The molecule has 0 spiro atoms. The van der Waals surface area contributed by atoms with Gasteiger partial charge in [0.15, 0.2) is 11.0 Å². The highest BCUT2D eigenvalue weighted by molar-refractivity contribution is 7.98. The summed E-state index contributed by atoms with van der Waals surface area (Å²) in [7, 11) is 0. The standard InChI is InChI=1S/C23H24N6OS2/c1-4-17-7-11-20(12-8-17)28(16(3)30)22-25-19(13-31-22)14-32-23-27-26-21(29(23)24)18-9-5-15(2)6-10-18/h5-13H,4,14,24H2,1-3H3. The van der Waals surface area contributed by atoms with Crippen molar-refractivity contribution in [3.8, 4) is 11.4 Å². The van der Waals surface area contributed by atoms with Crippen molar-refractivity contribution >= 4 is 39.8 Å². The number of thiazole rings is 1. The Morgan fingerprint density at radius 1 is 1.12 bits per heavy atom. The zero-order valence-electron chi connectivity index (χ0n) is 18.1. The molecule has 2 heterocycles. The van der Waals surface area contributed by atoms with Crippen molar-refractivity contribution in [1.82, 2.24) is 19.9 Å². The minimum absolute atomic E-state index is 0.0766. The molecule has 32 heavy (non-hydrogen) atoms. The molecule has 164 valence electrons. The maximum atomic E-state index is 12.3. The molecule has 4 rings (SSSR count). The van der Waals surface area contributed by atoms with Crippen LogP contribution in [0.3, 0.4) is 0 Å². The summed E-state index contributed by atoms with van der Waals surface area (Å²) >= 11 is 2.90. The Labute approximate surface area is 195 Å². The van der Waals surface area contributed by atoms with Crippen LogP contribution in [0.1, 0.15) is 30.7 Å². The van der Waals surface area contributed by atoms with E-state index in [-0.39, 0.29) is 5.91 Å². The third kappa shape index (κ3) is 4.68. The summed E-state index contributed by atoms with van der Waals surface area (Å²) in [5.41, 5.74) is 4.98. The summed E-state index contributed by atoms with van der Waals surface area (Å²) in [6.07, 6.45) is 0.955. The second-order valence-electron chi connectivity index (χ2n) is 7.33. The number of hydrogen-bond donors (Lipinski definition) is 1. The molecule has 7 nitrogen and oxygen atoms in total. The quantitative estimate of drug-likeness (QED) is 0.307. The Hall–Kier alpha value is -3.17. The van der Waals surface area contributed by atoms with E-state index >= 15 is 0 Å². The van der Waals surface area contributed by atoms with Gasteiger partial charge in [-0.1, -0.05) is 60.6 Å². The maximum Gasteiger partial charge on any atom is 0.230 e. The smallest absolute Gasteiger partial charge is 0.230 e. The van der Waals surface area contributed by atoms with Gasteiger partial charge in [0.1, 0.15) is 0 Å². The van der Waals surface area contributed by atoms with Gasteiger partial charge < -0.3 is 5.84 Å². The van der Waals surface area contributed by atoms with Crippen LogP contribution in [-0.4, -0.2) is 25.8 Å². The number of nitrogens with two attached hydrogens (primary N) is 1. The Balaban J connectivity index is 1.48. The highest BCUT2D eigenvalue weighted by Crippen LogP contribution is 2.31. The van der Waals surface area contributed by atoms with Crippen molar-refractivity contribution < 1.29 is 4.79 Å². The fourth-order valence-electron chi connectivity index (χ4n) is 3.19. The summed E-state index contributed by atoms with van der Waals surface area (Å²) in [6, 6.07) is 16.0. The van der Waals surface area contributed by atoms with E-state index in [1.54, 1.807) is 11.8 Å². The van der Waals surface area contributed by atoms with Crippen molar-refractivity contribution in [2.75, 3.05) is 10.7 Å². The predicted octanol–water partition coefficient (Wildman–Crippen LogP) is 4.96. The van der Waals surface area contributed by atoms with Gasteiger partial charge in [0.2, 0.25) is 11.1 Å². The summed E-state index contributed by atoms with van der Waals surface area (Å²) in [4.78, 5) is 18.7. The first-order chi connectivity index (χ1) is 15.5. The summed E-state index contributed by atoms with van der Waals surface area (Å²) in [5.74, 6) is 7.34. The third-order valence-electron chi connectivity index (χ3n) is 4.97. The third-order valence-corrected chi connectivity index (χ3v) is 6.82. The number of thioether (sulfide) groups is 1. The van der Waals surface area contributed by atoms with Gasteiger partial charge in [-0.2, -0.15) is 0 Å². The lowest BCUT2D eigenvalue weighted by atomic mass is 10.1. The first kappa shape index (κ1) is 22.0. The molecule has 2 aromatic heterocycles. The van der Waals surface area contributed by atoms with Crippen LogP contribution in [0.15, 0.2) is 59.1 Å². The van der Waals surface area contributed by atoms with Crippen LogP contribution < -0.4 is 10.7 Å². The van der Waals surface area contributed by atoms with E-state index < -0.39 is 0 Å². The zero-order chi connectivity index (χ0) is 22.7. The van der Waals surface area contributed by atoms with Crippen LogP contribution in [0.5, 0.6) is 0 Å². The number of nitrogens with zero attached hydrogens (tertiary/aromatic N) is 5. The van der Waals surface area contributed by atoms with Gasteiger partial charge in [-0.15, -0.1) is 21.5 Å². The van der Waals surface area contributed by atoms with Gasteiger partial charge in [-0.3, -0.25) is 9.69 Å². The SMILES string of the molecule is CCc1ccc(N(C(C)=O)c2nc(CSc3nnc(-c4ccc(C)cc4)n3N)cs2)cc1. The van der Waals surface area contributed by atoms with E-state index in [1.807, 2.05) is 60.8 Å². The zero-order valence-corrected chi connectivity index (χ0v) is 19.8. The van der Waals surface area contributed by atoms with Crippen molar-refractivity contribution in [3.63, 3.8) is 0 Å². The Morgan fingerprint density at radius 2 is 1.84 bits per heavy atom. The largest absolute Gasteiger partial charge is 0.335 e. The molecule has 2 aromatic carbocycles. The maximum absolute atomic E-state index is 12.3. The van der Waals surface area contributed by atoms with Crippen LogP contribution in [0.25, 0.3) is 11.4 Å². The fourth-order valence-corrected chi connectivity index (χ4v) is 4.93. The lowest BCUT2D eigenvalue weighted by molar-refractivity contribution is -0.115. The number of anilines is 2. The molecule has 0 aliphatic heterocycles. The van der Waals surface area contributed by atoms with E-state index in [0.29, 0.717) is 21.9 Å². The summed E-state index contributed by atoms with van der Waals surface area (Å²) in [6.45, 7) is 5.69. The average molecular weight is 465 g/mol. The van der Waals surface area contributed by atoms with Crippen LogP contribution >= 0.6 is 23.1 Å². The van der Waals surface area contributed by atoms with Gasteiger partial charge in [0.05, 0.1) is 11.4 Å². The average Bonchev–Trinajstić information content (AvgIpc) is 3.40. The van der Waals surface area contributed by atoms with Gasteiger partial charge in [-0.05, 0) is 31.0 Å². The number of aromatic nitrogens is 4. The first-order valence-corrected chi connectivity index (χ1v) is 12.1. The van der Waals surface area contributed by atoms with Gasteiger partial charge in [-0.25, -0.2) is 9.66 Å². The van der Waals surface area contributed by atoms with Crippen molar-refractivity contribution in [3.05, 3.63) is 70.7 Å². The molecule has 0 saturated heterocycles. The van der Waals surface area contributed by atoms with Gasteiger partial charge in [0.25, 0.3) is 0 Å². The molecule has 0 unspecified atom stereocenters. The van der Waals surface area contributed by atoms with E-state index in [1.165, 1.54) is 38.9 Å². The van der Waals surface area contributed by atoms with Crippen molar-refractivity contribution in [2.45, 2.75) is 38.1 Å². The topological polar surface area (TPSA) is 89.9 Å². The van der Waals surface area contributed by atoms with Crippen LogP contribution in [-0.2, 0) is 17.0 Å². The highest BCUT2D eigenvalue weighted by atomic mass is 32.2. The predicted molar refractivity (Wildman–Crippen MR) is 131 cm³/mol. The Morgan fingerprint density at radius 3 is 2.50 bits per heavy atom. The summed E-state index contributed by atoms with van der Waals surface area (Å²) < 4.78 is 1.50.